The minimum Gasteiger partial charge on any atom is -0.122 e. The lowest BCUT2D eigenvalue weighted by Crippen LogP contribution is -1.87. The molecule has 12 heavy (non-hydrogen) atoms. The smallest absolute Gasteiger partial charge is 0.0474 e. The van der Waals surface area contributed by atoms with E-state index in [0.717, 1.165) is 16.5 Å². The average Bonchev–Trinajstić information content (AvgIpc) is 2.16. The van der Waals surface area contributed by atoms with Crippen molar-refractivity contribution in [3.05, 3.63) is 34.9 Å². The van der Waals surface area contributed by atoms with Crippen molar-refractivity contribution >= 4 is 39.1 Å². The van der Waals surface area contributed by atoms with Crippen LogP contribution in [0.4, 0.5) is 0 Å². The zero-order valence-corrected chi connectivity index (χ0v) is 9.59. The van der Waals surface area contributed by atoms with E-state index in [1.54, 1.807) is 0 Å². The van der Waals surface area contributed by atoms with Crippen LogP contribution in [0.1, 0.15) is 16.7 Å². The second-order valence-corrected chi connectivity index (χ2v) is 3.65. The van der Waals surface area contributed by atoms with Crippen molar-refractivity contribution in [2.24, 2.45) is 0 Å². The van der Waals surface area contributed by atoms with E-state index in [1.807, 2.05) is 6.07 Å². The maximum absolute atomic E-state index is 5.73. The quantitative estimate of drug-likeness (QED) is 0.725. The van der Waals surface area contributed by atoms with E-state index < -0.39 is 0 Å². The third-order valence-corrected chi connectivity index (χ3v) is 2.84. The molecule has 0 unspecified atom stereocenters. The van der Waals surface area contributed by atoms with Crippen LogP contribution in [0.3, 0.4) is 0 Å². The molecule has 3 heteroatoms. The van der Waals surface area contributed by atoms with Crippen molar-refractivity contribution in [1.82, 2.24) is 0 Å². The molecule has 0 saturated heterocycles. The van der Waals surface area contributed by atoms with Crippen LogP contribution in [-0.2, 0) is 17.1 Å². The monoisotopic (exact) mass is 266 g/mol. The highest BCUT2D eigenvalue weighted by molar-refractivity contribution is 9.08. The summed E-state index contributed by atoms with van der Waals surface area (Å²) in [6.07, 6.45) is 0. The maximum Gasteiger partial charge on any atom is 0.0474 e. The van der Waals surface area contributed by atoms with Gasteiger partial charge in [0.05, 0.1) is 0 Å². The first-order chi connectivity index (χ1) is 5.80. The van der Waals surface area contributed by atoms with Crippen LogP contribution in [0, 0.1) is 0 Å². The first-order valence-corrected chi connectivity index (χ1v) is 5.79. The fourth-order valence-electron chi connectivity index (χ4n) is 1.07. The number of rotatable bonds is 3. The van der Waals surface area contributed by atoms with Crippen molar-refractivity contribution in [3.8, 4) is 0 Å². The zero-order chi connectivity index (χ0) is 8.97. The number of halogens is 3. The normalized spacial score (nSPS) is 10.2. The Labute approximate surface area is 91.0 Å². The van der Waals surface area contributed by atoms with Gasteiger partial charge in [0.1, 0.15) is 0 Å². The van der Waals surface area contributed by atoms with Gasteiger partial charge in [0.2, 0.25) is 0 Å². The molecule has 0 aromatic heterocycles. The van der Waals surface area contributed by atoms with E-state index in [4.69, 9.17) is 23.2 Å². The summed E-state index contributed by atoms with van der Waals surface area (Å²) in [5.41, 5.74) is 3.48. The molecule has 1 aromatic rings. The fraction of sp³-hybridized carbons (Fsp3) is 0.333. The van der Waals surface area contributed by atoms with Gasteiger partial charge in [-0.25, -0.2) is 0 Å². The molecule has 0 radical (unpaired) electrons. The molecule has 0 N–H and O–H groups in total. The van der Waals surface area contributed by atoms with Gasteiger partial charge in [-0.05, 0) is 16.7 Å². The first-order valence-electron chi connectivity index (χ1n) is 3.59. The number of hydrogen-bond acceptors (Lipinski definition) is 0. The Morgan fingerprint density at radius 1 is 0.917 bits per heavy atom. The van der Waals surface area contributed by atoms with Gasteiger partial charge in [-0.2, -0.15) is 0 Å². The minimum atomic E-state index is 0.546. The summed E-state index contributed by atoms with van der Waals surface area (Å²) in [5.74, 6) is 1.09. The van der Waals surface area contributed by atoms with Gasteiger partial charge in [0, 0.05) is 17.1 Å². The molecule has 0 saturated carbocycles. The van der Waals surface area contributed by atoms with E-state index >= 15 is 0 Å². The van der Waals surface area contributed by atoms with Crippen molar-refractivity contribution in [1.29, 1.82) is 0 Å². The van der Waals surface area contributed by atoms with Crippen LogP contribution in [0.25, 0.3) is 0 Å². The molecule has 0 aliphatic carbocycles. The lowest BCUT2D eigenvalue weighted by molar-refractivity contribution is 1.26. The number of hydrogen-bond donors (Lipinski definition) is 0. The summed E-state index contributed by atoms with van der Waals surface area (Å²) in [6, 6.07) is 6.20. The van der Waals surface area contributed by atoms with Crippen LogP contribution in [0.2, 0.25) is 0 Å². The molecule has 0 heterocycles. The second kappa shape index (κ2) is 5.11. The summed E-state index contributed by atoms with van der Waals surface area (Å²) in [7, 11) is 0. The zero-order valence-electron chi connectivity index (χ0n) is 6.49. The molecule has 0 aliphatic rings. The lowest BCUT2D eigenvalue weighted by Gasteiger charge is -2.03. The Morgan fingerprint density at radius 3 is 1.67 bits per heavy atom. The van der Waals surface area contributed by atoms with Crippen LogP contribution in [0.5, 0.6) is 0 Å². The molecule has 0 spiro atoms. The van der Waals surface area contributed by atoms with Crippen LogP contribution >= 0.6 is 39.1 Å². The molecule has 0 fully saturated rings. The standard InChI is InChI=1S/C9H9BrCl2/c10-4-7-1-8(5-11)3-9(2-7)6-12/h1-3H,4-6H2. The Balaban J connectivity index is 3.01. The minimum absolute atomic E-state index is 0.546. The van der Waals surface area contributed by atoms with Crippen LogP contribution in [0.15, 0.2) is 18.2 Å². The number of alkyl halides is 3. The van der Waals surface area contributed by atoms with Crippen molar-refractivity contribution < 1.29 is 0 Å². The highest BCUT2D eigenvalue weighted by atomic mass is 79.9. The Kier molecular flexibility index (Phi) is 4.41. The third kappa shape index (κ3) is 2.65. The van der Waals surface area contributed by atoms with Crippen molar-refractivity contribution in [3.63, 3.8) is 0 Å². The maximum atomic E-state index is 5.73. The molecule has 0 aliphatic heterocycles. The van der Waals surface area contributed by atoms with Gasteiger partial charge in [-0.1, -0.05) is 34.1 Å². The Morgan fingerprint density at radius 2 is 1.33 bits per heavy atom. The Bertz CT molecular complexity index is 205. The van der Waals surface area contributed by atoms with Crippen LogP contribution in [-0.4, -0.2) is 0 Å². The van der Waals surface area contributed by atoms with Gasteiger partial charge in [0.25, 0.3) is 0 Å². The first kappa shape index (κ1) is 10.4. The van der Waals surface area contributed by atoms with Gasteiger partial charge in [0.15, 0.2) is 0 Å². The lowest BCUT2D eigenvalue weighted by atomic mass is 10.1. The molecule has 1 rings (SSSR count). The summed E-state index contributed by atoms with van der Waals surface area (Å²) >= 11 is 14.9. The summed E-state index contributed by atoms with van der Waals surface area (Å²) in [6.45, 7) is 0. The van der Waals surface area contributed by atoms with Gasteiger partial charge in [-0.15, -0.1) is 23.2 Å². The highest BCUT2D eigenvalue weighted by Crippen LogP contribution is 2.16. The molecule has 66 valence electrons. The summed E-state index contributed by atoms with van der Waals surface area (Å²) in [4.78, 5) is 0. The van der Waals surface area contributed by atoms with Gasteiger partial charge >= 0.3 is 0 Å². The second-order valence-electron chi connectivity index (χ2n) is 2.56. The largest absolute Gasteiger partial charge is 0.122 e. The van der Waals surface area contributed by atoms with E-state index in [2.05, 4.69) is 28.1 Å². The molecule has 0 atom stereocenters. The topological polar surface area (TPSA) is 0 Å². The van der Waals surface area contributed by atoms with E-state index in [-0.39, 0.29) is 0 Å². The molecular formula is C9H9BrCl2. The molecule has 0 bridgehead atoms. The van der Waals surface area contributed by atoms with E-state index in [0.29, 0.717) is 11.8 Å². The van der Waals surface area contributed by atoms with Crippen molar-refractivity contribution in [2.45, 2.75) is 17.1 Å². The predicted molar refractivity (Wildman–Crippen MR) is 58.2 cm³/mol. The molecular weight excluding hydrogens is 259 g/mol. The van der Waals surface area contributed by atoms with E-state index in [9.17, 15) is 0 Å². The Hall–Kier alpha value is 0.280. The van der Waals surface area contributed by atoms with E-state index in [1.165, 1.54) is 5.56 Å². The summed E-state index contributed by atoms with van der Waals surface area (Å²) < 4.78 is 0. The molecule has 0 nitrogen and oxygen atoms in total. The van der Waals surface area contributed by atoms with Gasteiger partial charge < -0.3 is 0 Å². The summed E-state index contributed by atoms with van der Waals surface area (Å²) in [5, 5.41) is 0.849. The van der Waals surface area contributed by atoms with Gasteiger partial charge in [-0.3, -0.25) is 0 Å². The molecule has 1 aromatic carbocycles. The predicted octanol–water partition coefficient (Wildman–Crippen LogP) is 4.06. The highest BCUT2D eigenvalue weighted by Gasteiger charge is 1.98. The fourth-order valence-corrected chi connectivity index (χ4v) is 1.70. The van der Waals surface area contributed by atoms with Crippen molar-refractivity contribution in [2.75, 3.05) is 0 Å². The SMILES string of the molecule is ClCc1cc(CCl)cc(CBr)c1. The number of benzene rings is 1. The average molecular weight is 268 g/mol. The molecule has 0 amide bonds. The van der Waals surface area contributed by atoms with Crippen LogP contribution < -0.4 is 0 Å². The third-order valence-electron chi connectivity index (χ3n) is 1.58.